The fourth-order valence-electron chi connectivity index (χ4n) is 1.70. The van der Waals surface area contributed by atoms with Crippen molar-refractivity contribution in [1.29, 1.82) is 0 Å². The van der Waals surface area contributed by atoms with E-state index in [0.717, 1.165) is 5.56 Å². The van der Waals surface area contributed by atoms with Gasteiger partial charge in [-0.25, -0.2) is 4.79 Å². The molecule has 0 saturated heterocycles. The van der Waals surface area contributed by atoms with Gasteiger partial charge in [0.05, 0.1) is 24.4 Å². The molecule has 0 spiro atoms. The first-order chi connectivity index (χ1) is 9.60. The molecule has 0 atom stereocenters. The summed E-state index contributed by atoms with van der Waals surface area (Å²) < 4.78 is 6.19. The van der Waals surface area contributed by atoms with Crippen LogP contribution in [0.25, 0.3) is 0 Å². The van der Waals surface area contributed by atoms with Crippen molar-refractivity contribution in [3.05, 3.63) is 53.3 Å². The van der Waals surface area contributed by atoms with Crippen molar-refractivity contribution in [3.8, 4) is 0 Å². The summed E-state index contributed by atoms with van der Waals surface area (Å²) in [6.45, 7) is 0.384. The fourth-order valence-corrected chi connectivity index (χ4v) is 1.70. The van der Waals surface area contributed by atoms with E-state index in [1.807, 2.05) is 0 Å². The number of ether oxygens (including phenoxy) is 1. The summed E-state index contributed by atoms with van der Waals surface area (Å²) in [6, 6.07) is 6.88. The number of carbonyl (C=O) groups excluding carboxylic acids is 2. The number of methoxy groups -OCH3 is 1. The second kappa shape index (κ2) is 6.01. The molecule has 1 N–H and O–H groups in total. The summed E-state index contributed by atoms with van der Waals surface area (Å²) in [5.74, 6) is -0.564. The van der Waals surface area contributed by atoms with Gasteiger partial charge in [0.25, 0.3) is 5.91 Å². The Kier molecular flexibility index (Phi) is 4.14. The molecule has 0 saturated carbocycles. The molecule has 0 unspecified atom stereocenters. The number of esters is 1. The molecule has 1 heterocycles. The van der Waals surface area contributed by atoms with Crippen LogP contribution in [-0.2, 0) is 18.3 Å². The van der Waals surface area contributed by atoms with Gasteiger partial charge in [-0.05, 0) is 17.7 Å². The Morgan fingerprint density at radius 2 is 1.95 bits per heavy atom. The first-order valence-electron chi connectivity index (χ1n) is 6.04. The van der Waals surface area contributed by atoms with Crippen LogP contribution in [0.4, 0.5) is 0 Å². The maximum absolute atomic E-state index is 11.8. The Morgan fingerprint density at radius 3 is 2.50 bits per heavy atom. The standard InChI is InChI=1S/C14H15N3O3/c1-17-9-12(8-16-17)13(18)15-7-10-3-5-11(6-4-10)14(19)20-2/h3-6,8-9H,7H2,1-2H3,(H,15,18). The molecule has 20 heavy (non-hydrogen) atoms. The summed E-state index contributed by atoms with van der Waals surface area (Å²) in [4.78, 5) is 23.1. The van der Waals surface area contributed by atoms with Crippen LogP contribution < -0.4 is 5.32 Å². The highest BCUT2D eigenvalue weighted by Gasteiger charge is 2.08. The van der Waals surface area contributed by atoms with Gasteiger partial charge in [0.15, 0.2) is 0 Å². The highest BCUT2D eigenvalue weighted by atomic mass is 16.5. The maximum atomic E-state index is 11.8. The number of aromatic nitrogens is 2. The van der Waals surface area contributed by atoms with Gasteiger partial charge in [0.2, 0.25) is 0 Å². The van der Waals surface area contributed by atoms with Gasteiger partial charge in [0, 0.05) is 19.8 Å². The van der Waals surface area contributed by atoms with Crippen LogP contribution in [0.5, 0.6) is 0 Å². The number of amides is 1. The molecule has 0 aliphatic rings. The second-order valence-electron chi connectivity index (χ2n) is 4.27. The quantitative estimate of drug-likeness (QED) is 0.848. The molecule has 0 aliphatic carbocycles. The molecule has 1 amide bonds. The first kappa shape index (κ1) is 13.8. The topological polar surface area (TPSA) is 73.2 Å². The predicted molar refractivity (Wildman–Crippen MR) is 72.2 cm³/mol. The van der Waals surface area contributed by atoms with Gasteiger partial charge >= 0.3 is 5.97 Å². The molecule has 0 fully saturated rings. The van der Waals surface area contributed by atoms with E-state index in [-0.39, 0.29) is 11.9 Å². The Balaban J connectivity index is 1.94. The van der Waals surface area contributed by atoms with Crippen LogP contribution in [0.1, 0.15) is 26.3 Å². The van der Waals surface area contributed by atoms with Crippen LogP contribution >= 0.6 is 0 Å². The minimum atomic E-state index is -0.379. The molecule has 2 rings (SSSR count). The monoisotopic (exact) mass is 273 g/mol. The van der Waals surface area contributed by atoms with Crippen LogP contribution in [0.2, 0.25) is 0 Å². The number of nitrogens with zero attached hydrogens (tertiary/aromatic N) is 2. The highest BCUT2D eigenvalue weighted by molar-refractivity contribution is 5.93. The smallest absolute Gasteiger partial charge is 0.337 e. The SMILES string of the molecule is COC(=O)c1ccc(CNC(=O)c2cnn(C)c2)cc1. The summed E-state index contributed by atoms with van der Waals surface area (Å²) in [6.07, 6.45) is 3.16. The molecule has 0 aliphatic heterocycles. The molecule has 0 radical (unpaired) electrons. The lowest BCUT2D eigenvalue weighted by molar-refractivity contribution is 0.0600. The zero-order valence-electron chi connectivity index (χ0n) is 11.3. The number of rotatable bonds is 4. The van der Waals surface area contributed by atoms with Crippen molar-refractivity contribution in [2.75, 3.05) is 7.11 Å². The molecule has 1 aromatic heterocycles. The van der Waals surface area contributed by atoms with Crippen LogP contribution in [0.3, 0.4) is 0 Å². The third-order valence-electron chi connectivity index (χ3n) is 2.80. The van der Waals surface area contributed by atoms with E-state index >= 15 is 0 Å². The van der Waals surface area contributed by atoms with Crippen LogP contribution in [0, 0.1) is 0 Å². The lowest BCUT2D eigenvalue weighted by Crippen LogP contribution is -2.22. The molecule has 2 aromatic rings. The number of nitrogens with one attached hydrogen (secondary N) is 1. The van der Waals surface area contributed by atoms with E-state index in [0.29, 0.717) is 17.7 Å². The summed E-state index contributed by atoms with van der Waals surface area (Å²) in [5, 5.41) is 6.72. The molecular formula is C14H15N3O3. The van der Waals surface area contributed by atoms with Gasteiger partial charge in [0.1, 0.15) is 0 Å². The molecule has 1 aromatic carbocycles. The second-order valence-corrected chi connectivity index (χ2v) is 4.27. The predicted octanol–water partition coefficient (Wildman–Crippen LogP) is 1.14. The summed E-state index contributed by atoms with van der Waals surface area (Å²) in [5.41, 5.74) is 1.89. The molecule has 104 valence electrons. The van der Waals surface area contributed by atoms with Crippen LogP contribution in [-0.4, -0.2) is 28.8 Å². The van der Waals surface area contributed by atoms with Crippen molar-refractivity contribution in [3.63, 3.8) is 0 Å². The molecular weight excluding hydrogens is 258 g/mol. The Bertz CT molecular complexity index is 617. The average molecular weight is 273 g/mol. The van der Waals surface area contributed by atoms with Gasteiger partial charge in [-0.15, -0.1) is 0 Å². The maximum Gasteiger partial charge on any atom is 0.337 e. The van der Waals surface area contributed by atoms with Crippen molar-refractivity contribution >= 4 is 11.9 Å². The fraction of sp³-hybridized carbons (Fsp3) is 0.214. The summed E-state index contributed by atoms with van der Waals surface area (Å²) >= 11 is 0. The lowest BCUT2D eigenvalue weighted by atomic mass is 10.1. The molecule has 6 heteroatoms. The highest BCUT2D eigenvalue weighted by Crippen LogP contribution is 2.06. The Hall–Kier alpha value is -2.63. The minimum absolute atomic E-state index is 0.185. The van der Waals surface area contributed by atoms with Gasteiger partial charge in [-0.3, -0.25) is 9.48 Å². The zero-order chi connectivity index (χ0) is 14.5. The van der Waals surface area contributed by atoms with Crippen molar-refractivity contribution in [1.82, 2.24) is 15.1 Å². The third kappa shape index (κ3) is 3.23. The molecule has 0 bridgehead atoms. The summed E-state index contributed by atoms with van der Waals surface area (Å²) in [7, 11) is 3.09. The first-order valence-corrected chi connectivity index (χ1v) is 6.04. The van der Waals surface area contributed by atoms with Crippen molar-refractivity contribution in [2.24, 2.45) is 7.05 Å². The minimum Gasteiger partial charge on any atom is -0.465 e. The largest absolute Gasteiger partial charge is 0.465 e. The lowest BCUT2D eigenvalue weighted by Gasteiger charge is -2.05. The number of carbonyl (C=O) groups is 2. The zero-order valence-corrected chi connectivity index (χ0v) is 11.3. The van der Waals surface area contributed by atoms with E-state index in [9.17, 15) is 9.59 Å². The molecule has 6 nitrogen and oxygen atoms in total. The third-order valence-corrected chi connectivity index (χ3v) is 2.80. The van der Waals surface area contributed by atoms with E-state index < -0.39 is 0 Å². The van der Waals surface area contributed by atoms with Gasteiger partial charge in [-0.2, -0.15) is 5.10 Å². The Labute approximate surface area is 116 Å². The van der Waals surface area contributed by atoms with Crippen molar-refractivity contribution in [2.45, 2.75) is 6.54 Å². The van der Waals surface area contributed by atoms with Gasteiger partial charge in [-0.1, -0.05) is 12.1 Å². The van der Waals surface area contributed by atoms with Crippen molar-refractivity contribution < 1.29 is 14.3 Å². The van der Waals surface area contributed by atoms with E-state index in [1.165, 1.54) is 13.3 Å². The number of hydrogen-bond acceptors (Lipinski definition) is 4. The van der Waals surface area contributed by atoms with Crippen LogP contribution in [0.15, 0.2) is 36.7 Å². The van der Waals surface area contributed by atoms with E-state index in [1.54, 1.807) is 42.2 Å². The number of aryl methyl sites for hydroxylation is 1. The normalized spacial score (nSPS) is 10.1. The number of hydrogen-bond donors (Lipinski definition) is 1. The van der Waals surface area contributed by atoms with Gasteiger partial charge < -0.3 is 10.1 Å². The number of benzene rings is 1. The average Bonchev–Trinajstić information content (AvgIpc) is 2.91. The Morgan fingerprint density at radius 1 is 1.25 bits per heavy atom. The van der Waals surface area contributed by atoms with E-state index in [4.69, 9.17) is 0 Å². The van der Waals surface area contributed by atoms with E-state index in [2.05, 4.69) is 15.2 Å².